The Kier molecular flexibility index (Phi) is 2.68. The Morgan fingerprint density at radius 2 is 2.27 bits per heavy atom. The number of hydrogen-bond acceptors (Lipinski definition) is 2. The van der Waals surface area contributed by atoms with Crippen molar-refractivity contribution < 1.29 is 4.79 Å². The van der Waals surface area contributed by atoms with Crippen molar-refractivity contribution in [1.29, 1.82) is 5.26 Å². The molecule has 0 aromatic carbocycles. The van der Waals surface area contributed by atoms with Gasteiger partial charge >= 0.3 is 0 Å². The third-order valence-electron chi connectivity index (χ3n) is 3.54. The van der Waals surface area contributed by atoms with Crippen LogP contribution in [0.25, 0.3) is 0 Å². The molecule has 0 heterocycles. The van der Waals surface area contributed by atoms with Gasteiger partial charge < -0.3 is 5.32 Å². The van der Waals surface area contributed by atoms with E-state index in [-0.39, 0.29) is 11.9 Å². The molecular formula is C12H18N2O. The molecule has 2 fully saturated rings. The van der Waals surface area contributed by atoms with Gasteiger partial charge in [-0.1, -0.05) is 19.8 Å². The van der Waals surface area contributed by atoms with Crippen LogP contribution in [0.15, 0.2) is 0 Å². The van der Waals surface area contributed by atoms with Crippen molar-refractivity contribution in [3.8, 4) is 6.07 Å². The SMILES string of the molecule is CCC(CC1CC1)NC(=O)C1(C#N)CC1. The summed E-state index contributed by atoms with van der Waals surface area (Å²) >= 11 is 0. The number of rotatable bonds is 5. The molecule has 1 N–H and O–H groups in total. The third-order valence-corrected chi connectivity index (χ3v) is 3.54. The molecule has 1 amide bonds. The summed E-state index contributed by atoms with van der Waals surface area (Å²) in [4.78, 5) is 11.8. The zero-order valence-electron chi connectivity index (χ0n) is 9.25. The van der Waals surface area contributed by atoms with Gasteiger partial charge in [-0.3, -0.25) is 4.79 Å². The summed E-state index contributed by atoms with van der Waals surface area (Å²) in [5.41, 5.74) is -0.656. The van der Waals surface area contributed by atoms with Crippen LogP contribution in [-0.4, -0.2) is 11.9 Å². The van der Waals surface area contributed by atoms with Gasteiger partial charge in [0.15, 0.2) is 0 Å². The highest BCUT2D eigenvalue weighted by Crippen LogP contribution is 2.45. The van der Waals surface area contributed by atoms with Gasteiger partial charge in [0.1, 0.15) is 5.41 Å². The number of nitrogens with one attached hydrogen (secondary N) is 1. The fourth-order valence-corrected chi connectivity index (χ4v) is 1.92. The summed E-state index contributed by atoms with van der Waals surface area (Å²) in [5.74, 6) is 0.796. The largest absolute Gasteiger partial charge is 0.352 e. The van der Waals surface area contributed by atoms with Gasteiger partial charge in [-0.25, -0.2) is 0 Å². The fourth-order valence-electron chi connectivity index (χ4n) is 1.92. The van der Waals surface area contributed by atoms with Crippen molar-refractivity contribution in [1.82, 2.24) is 5.32 Å². The molecule has 2 aliphatic carbocycles. The first-order chi connectivity index (χ1) is 7.20. The summed E-state index contributed by atoms with van der Waals surface area (Å²) in [6.45, 7) is 2.10. The number of nitrogens with zero attached hydrogens (tertiary/aromatic N) is 1. The van der Waals surface area contributed by atoms with Gasteiger partial charge in [0.25, 0.3) is 0 Å². The van der Waals surface area contributed by atoms with Crippen molar-refractivity contribution in [2.75, 3.05) is 0 Å². The van der Waals surface area contributed by atoms with Crippen molar-refractivity contribution in [3.05, 3.63) is 0 Å². The van der Waals surface area contributed by atoms with Gasteiger partial charge in [-0.2, -0.15) is 5.26 Å². The Morgan fingerprint density at radius 1 is 1.60 bits per heavy atom. The van der Waals surface area contributed by atoms with Gasteiger partial charge in [0, 0.05) is 6.04 Å². The molecule has 82 valence electrons. The smallest absolute Gasteiger partial charge is 0.240 e. The van der Waals surface area contributed by atoms with E-state index in [1.807, 2.05) is 0 Å². The maximum Gasteiger partial charge on any atom is 0.240 e. The van der Waals surface area contributed by atoms with Gasteiger partial charge in [0.2, 0.25) is 5.91 Å². The average Bonchev–Trinajstić information content (AvgIpc) is 3.11. The van der Waals surface area contributed by atoms with E-state index in [1.165, 1.54) is 12.8 Å². The molecule has 3 nitrogen and oxygen atoms in total. The normalized spacial score (nSPS) is 24.0. The van der Waals surface area contributed by atoms with Crippen LogP contribution in [0.1, 0.15) is 45.4 Å². The zero-order chi connectivity index (χ0) is 10.9. The van der Waals surface area contributed by atoms with E-state index in [0.29, 0.717) is 0 Å². The molecule has 0 aliphatic heterocycles. The first kappa shape index (κ1) is 10.5. The maximum atomic E-state index is 11.8. The van der Waals surface area contributed by atoms with Gasteiger partial charge in [-0.05, 0) is 31.6 Å². The van der Waals surface area contributed by atoms with Gasteiger partial charge in [-0.15, -0.1) is 0 Å². The molecule has 15 heavy (non-hydrogen) atoms. The predicted molar refractivity (Wildman–Crippen MR) is 56.8 cm³/mol. The van der Waals surface area contributed by atoms with E-state index in [2.05, 4.69) is 18.3 Å². The Hall–Kier alpha value is -1.04. The Balaban J connectivity index is 1.83. The van der Waals surface area contributed by atoms with E-state index < -0.39 is 5.41 Å². The molecule has 0 bridgehead atoms. The number of hydrogen-bond donors (Lipinski definition) is 1. The lowest BCUT2D eigenvalue weighted by Crippen LogP contribution is -2.39. The number of amides is 1. The molecule has 1 atom stereocenters. The Bertz CT molecular complexity index is 297. The van der Waals surface area contributed by atoms with E-state index in [4.69, 9.17) is 5.26 Å². The second-order valence-electron chi connectivity index (χ2n) is 4.95. The van der Waals surface area contributed by atoms with Crippen molar-refractivity contribution >= 4 is 5.91 Å². The van der Waals surface area contributed by atoms with E-state index in [1.54, 1.807) is 0 Å². The van der Waals surface area contributed by atoms with Crippen molar-refractivity contribution in [2.24, 2.45) is 11.3 Å². The van der Waals surface area contributed by atoms with Crippen LogP contribution in [0.3, 0.4) is 0 Å². The molecule has 0 aromatic rings. The molecule has 3 heteroatoms. The summed E-state index contributed by atoms with van der Waals surface area (Å²) in [6.07, 6.45) is 6.20. The van der Waals surface area contributed by atoms with Crippen molar-refractivity contribution in [3.63, 3.8) is 0 Å². The lowest BCUT2D eigenvalue weighted by Gasteiger charge is -2.18. The minimum Gasteiger partial charge on any atom is -0.352 e. The summed E-state index contributed by atoms with van der Waals surface area (Å²) < 4.78 is 0. The highest BCUT2D eigenvalue weighted by atomic mass is 16.2. The Morgan fingerprint density at radius 3 is 2.67 bits per heavy atom. The zero-order valence-corrected chi connectivity index (χ0v) is 9.25. The van der Waals surface area contributed by atoms with Crippen LogP contribution in [0.5, 0.6) is 0 Å². The van der Waals surface area contributed by atoms with Crippen LogP contribution in [0.4, 0.5) is 0 Å². The lowest BCUT2D eigenvalue weighted by atomic mass is 10.0. The average molecular weight is 206 g/mol. The number of carbonyl (C=O) groups excluding carboxylic acids is 1. The highest BCUT2D eigenvalue weighted by Gasteiger charge is 2.51. The van der Waals surface area contributed by atoms with Crippen LogP contribution >= 0.6 is 0 Å². The standard InChI is InChI=1S/C12H18N2O/c1-2-10(7-9-3-4-9)14-11(15)12(8-13)5-6-12/h9-10H,2-7H2,1H3,(H,14,15). The highest BCUT2D eigenvalue weighted by molar-refractivity contribution is 5.88. The molecule has 0 radical (unpaired) electrons. The molecule has 0 saturated heterocycles. The maximum absolute atomic E-state index is 11.8. The van der Waals surface area contributed by atoms with Crippen LogP contribution in [0.2, 0.25) is 0 Å². The quantitative estimate of drug-likeness (QED) is 0.747. The van der Waals surface area contributed by atoms with Crippen molar-refractivity contribution in [2.45, 2.75) is 51.5 Å². The summed E-state index contributed by atoms with van der Waals surface area (Å²) in [5, 5.41) is 11.9. The fraction of sp³-hybridized carbons (Fsp3) is 0.833. The summed E-state index contributed by atoms with van der Waals surface area (Å²) in [7, 11) is 0. The minimum atomic E-state index is -0.656. The molecule has 0 aromatic heterocycles. The second kappa shape index (κ2) is 3.84. The van der Waals surface area contributed by atoms with Crippen LogP contribution in [0, 0.1) is 22.7 Å². The number of carbonyl (C=O) groups is 1. The molecule has 0 spiro atoms. The first-order valence-corrected chi connectivity index (χ1v) is 5.92. The number of nitriles is 1. The molecule has 2 aliphatic rings. The lowest BCUT2D eigenvalue weighted by molar-refractivity contribution is -0.125. The van der Waals surface area contributed by atoms with Crippen LogP contribution < -0.4 is 5.32 Å². The topological polar surface area (TPSA) is 52.9 Å². The van der Waals surface area contributed by atoms with Gasteiger partial charge in [0.05, 0.1) is 6.07 Å². The monoisotopic (exact) mass is 206 g/mol. The molecule has 1 unspecified atom stereocenters. The van der Waals surface area contributed by atoms with Crippen LogP contribution in [-0.2, 0) is 4.79 Å². The molecular weight excluding hydrogens is 188 g/mol. The van der Waals surface area contributed by atoms with E-state index >= 15 is 0 Å². The molecule has 2 rings (SSSR count). The Labute approximate surface area is 90.8 Å². The van der Waals surface area contributed by atoms with E-state index in [9.17, 15) is 4.79 Å². The predicted octanol–water partition coefficient (Wildman–Crippen LogP) is 1.99. The molecule has 2 saturated carbocycles. The van der Waals surface area contributed by atoms with E-state index in [0.717, 1.165) is 31.6 Å². The summed E-state index contributed by atoms with van der Waals surface area (Å²) in [6, 6.07) is 2.43. The first-order valence-electron chi connectivity index (χ1n) is 5.92. The second-order valence-corrected chi connectivity index (χ2v) is 4.95. The third kappa shape index (κ3) is 2.31. The minimum absolute atomic E-state index is 0.0301.